The Morgan fingerprint density at radius 1 is 1.33 bits per heavy atom. The fraction of sp³-hybridized carbons (Fsp3) is 0.455. The quantitative estimate of drug-likeness (QED) is 0.865. The summed E-state index contributed by atoms with van der Waals surface area (Å²) in [7, 11) is 0. The van der Waals surface area contributed by atoms with Crippen molar-refractivity contribution in [1.29, 1.82) is 0 Å². The SMILES string of the molecule is OCCN1CCc2c(Cl)cc(Cl)cc2C1. The van der Waals surface area contributed by atoms with Crippen molar-refractivity contribution in [3.8, 4) is 0 Å². The van der Waals surface area contributed by atoms with E-state index in [-0.39, 0.29) is 6.61 Å². The third kappa shape index (κ3) is 2.45. The minimum Gasteiger partial charge on any atom is -0.395 e. The lowest BCUT2D eigenvalue weighted by Gasteiger charge is -2.28. The van der Waals surface area contributed by atoms with E-state index >= 15 is 0 Å². The number of aliphatic hydroxyl groups excluding tert-OH is 1. The van der Waals surface area contributed by atoms with Gasteiger partial charge in [-0.2, -0.15) is 0 Å². The van der Waals surface area contributed by atoms with Crippen LogP contribution in [0.2, 0.25) is 10.0 Å². The first-order chi connectivity index (χ1) is 7.20. The molecule has 1 aromatic rings. The Balaban J connectivity index is 2.25. The lowest BCUT2D eigenvalue weighted by molar-refractivity contribution is 0.184. The summed E-state index contributed by atoms with van der Waals surface area (Å²) in [5.41, 5.74) is 2.39. The van der Waals surface area contributed by atoms with Gasteiger partial charge in [-0.25, -0.2) is 0 Å². The molecule has 0 atom stereocenters. The molecule has 0 aromatic heterocycles. The lowest BCUT2D eigenvalue weighted by Crippen LogP contribution is -2.32. The molecule has 1 aromatic carbocycles. The smallest absolute Gasteiger partial charge is 0.0558 e. The van der Waals surface area contributed by atoms with E-state index in [0.29, 0.717) is 11.6 Å². The molecule has 0 saturated carbocycles. The highest BCUT2D eigenvalue weighted by molar-refractivity contribution is 6.35. The molecule has 0 spiro atoms. The number of hydrogen-bond donors (Lipinski definition) is 1. The summed E-state index contributed by atoms with van der Waals surface area (Å²) in [5.74, 6) is 0. The molecule has 4 heteroatoms. The maximum absolute atomic E-state index is 8.88. The van der Waals surface area contributed by atoms with Gasteiger partial charge in [-0.3, -0.25) is 4.90 Å². The Kier molecular flexibility index (Phi) is 3.52. The molecule has 0 bridgehead atoms. The van der Waals surface area contributed by atoms with Gasteiger partial charge in [-0.05, 0) is 29.7 Å². The zero-order valence-corrected chi connectivity index (χ0v) is 9.85. The van der Waals surface area contributed by atoms with Crippen LogP contribution in [-0.4, -0.2) is 29.7 Å². The van der Waals surface area contributed by atoms with Gasteiger partial charge in [-0.15, -0.1) is 0 Å². The highest BCUT2D eigenvalue weighted by Gasteiger charge is 2.18. The lowest BCUT2D eigenvalue weighted by atomic mass is 10.00. The van der Waals surface area contributed by atoms with Gasteiger partial charge in [0.1, 0.15) is 0 Å². The largest absolute Gasteiger partial charge is 0.395 e. The molecule has 0 saturated heterocycles. The fourth-order valence-electron chi connectivity index (χ4n) is 2.00. The minimum absolute atomic E-state index is 0.198. The molecule has 1 aliphatic heterocycles. The molecule has 0 fully saturated rings. The van der Waals surface area contributed by atoms with Crippen molar-refractivity contribution in [2.24, 2.45) is 0 Å². The Morgan fingerprint density at radius 2 is 2.13 bits per heavy atom. The molecule has 2 nitrogen and oxygen atoms in total. The third-order valence-corrected chi connectivity index (χ3v) is 3.30. The van der Waals surface area contributed by atoms with E-state index in [9.17, 15) is 0 Å². The van der Waals surface area contributed by atoms with Crippen LogP contribution >= 0.6 is 23.2 Å². The molecule has 0 radical (unpaired) electrons. The second kappa shape index (κ2) is 4.71. The number of benzene rings is 1. The zero-order chi connectivity index (χ0) is 10.8. The molecular weight excluding hydrogens is 233 g/mol. The van der Waals surface area contributed by atoms with E-state index in [1.54, 1.807) is 6.07 Å². The van der Waals surface area contributed by atoms with Crippen LogP contribution in [0.1, 0.15) is 11.1 Å². The van der Waals surface area contributed by atoms with Gasteiger partial charge in [0.15, 0.2) is 0 Å². The number of fused-ring (bicyclic) bond motifs is 1. The molecule has 2 rings (SSSR count). The summed E-state index contributed by atoms with van der Waals surface area (Å²) in [6.45, 7) is 2.69. The van der Waals surface area contributed by atoms with Gasteiger partial charge in [-0.1, -0.05) is 23.2 Å². The second-order valence-corrected chi connectivity index (χ2v) is 4.62. The molecule has 1 heterocycles. The Hall–Kier alpha value is -0.280. The standard InChI is InChI=1S/C11H13Cl2NO/c12-9-5-8-7-14(3-4-15)2-1-10(8)11(13)6-9/h5-6,15H,1-4,7H2. The van der Waals surface area contributed by atoms with Gasteiger partial charge >= 0.3 is 0 Å². The molecular formula is C11H13Cl2NO. The predicted octanol–water partition coefficient (Wildman–Crippen LogP) is 2.34. The monoisotopic (exact) mass is 245 g/mol. The van der Waals surface area contributed by atoms with Crippen LogP contribution < -0.4 is 0 Å². The van der Waals surface area contributed by atoms with Crippen molar-refractivity contribution >= 4 is 23.2 Å². The highest BCUT2D eigenvalue weighted by atomic mass is 35.5. The van der Waals surface area contributed by atoms with Gasteiger partial charge in [0.2, 0.25) is 0 Å². The van der Waals surface area contributed by atoms with Crippen LogP contribution in [-0.2, 0) is 13.0 Å². The summed E-state index contributed by atoms with van der Waals surface area (Å²) in [4.78, 5) is 2.20. The van der Waals surface area contributed by atoms with Gasteiger partial charge in [0.25, 0.3) is 0 Å². The van der Waals surface area contributed by atoms with Crippen LogP contribution in [0.15, 0.2) is 12.1 Å². The number of rotatable bonds is 2. The fourth-order valence-corrected chi connectivity index (χ4v) is 2.63. The number of hydrogen-bond acceptors (Lipinski definition) is 2. The van der Waals surface area contributed by atoms with Crippen LogP contribution in [0.3, 0.4) is 0 Å². The van der Waals surface area contributed by atoms with Crippen molar-refractivity contribution in [3.05, 3.63) is 33.3 Å². The first-order valence-electron chi connectivity index (χ1n) is 5.00. The molecule has 0 aliphatic carbocycles. The molecule has 0 amide bonds. The molecule has 15 heavy (non-hydrogen) atoms. The Morgan fingerprint density at radius 3 is 2.87 bits per heavy atom. The van der Waals surface area contributed by atoms with E-state index < -0.39 is 0 Å². The number of nitrogens with zero attached hydrogens (tertiary/aromatic N) is 1. The Labute approximate surface area is 99.4 Å². The Bertz CT molecular complexity index is 368. The van der Waals surface area contributed by atoms with Crippen LogP contribution in [0.25, 0.3) is 0 Å². The van der Waals surface area contributed by atoms with Crippen molar-refractivity contribution < 1.29 is 5.11 Å². The molecule has 82 valence electrons. The maximum Gasteiger partial charge on any atom is 0.0558 e. The first-order valence-corrected chi connectivity index (χ1v) is 5.76. The van der Waals surface area contributed by atoms with E-state index in [1.165, 1.54) is 11.1 Å². The normalized spacial score (nSPS) is 16.5. The summed E-state index contributed by atoms with van der Waals surface area (Å²) >= 11 is 12.1. The van der Waals surface area contributed by atoms with E-state index in [0.717, 1.165) is 24.5 Å². The van der Waals surface area contributed by atoms with Gasteiger partial charge in [0, 0.05) is 29.7 Å². The average Bonchev–Trinajstić information content (AvgIpc) is 2.17. The predicted molar refractivity (Wildman–Crippen MR) is 62.5 cm³/mol. The van der Waals surface area contributed by atoms with Crippen LogP contribution in [0, 0.1) is 0 Å². The number of β-amino-alcohol motifs (C(OH)–C–C–N with tert-alkyl or cyclic N) is 1. The van der Waals surface area contributed by atoms with Gasteiger partial charge in [0.05, 0.1) is 6.61 Å². The highest BCUT2D eigenvalue weighted by Crippen LogP contribution is 2.29. The average molecular weight is 246 g/mol. The molecule has 0 unspecified atom stereocenters. The first kappa shape index (κ1) is 11.2. The van der Waals surface area contributed by atoms with E-state index in [4.69, 9.17) is 28.3 Å². The minimum atomic E-state index is 0.198. The van der Waals surface area contributed by atoms with Crippen molar-refractivity contribution in [1.82, 2.24) is 4.90 Å². The topological polar surface area (TPSA) is 23.5 Å². The van der Waals surface area contributed by atoms with Crippen molar-refractivity contribution in [3.63, 3.8) is 0 Å². The van der Waals surface area contributed by atoms with Gasteiger partial charge < -0.3 is 5.11 Å². The molecule has 1 aliphatic rings. The van der Waals surface area contributed by atoms with Crippen molar-refractivity contribution in [2.75, 3.05) is 19.7 Å². The van der Waals surface area contributed by atoms with E-state index in [2.05, 4.69) is 4.90 Å². The zero-order valence-electron chi connectivity index (χ0n) is 8.34. The number of aliphatic hydroxyl groups is 1. The van der Waals surface area contributed by atoms with Crippen LogP contribution in [0.5, 0.6) is 0 Å². The summed E-state index contributed by atoms with van der Waals surface area (Å²) in [5, 5.41) is 10.3. The van der Waals surface area contributed by atoms with Crippen LogP contribution in [0.4, 0.5) is 0 Å². The molecule has 1 N–H and O–H groups in total. The second-order valence-electron chi connectivity index (χ2n) is 3.78. The maximum atomic E-state index is 8.88. The summed E-state index contributed by atoms with van der Waals surface area (Å²) < 4.78 is 0. The van der Waals surface area contributed by atoms with E-state index in [1.807, 2.05) is 6.07 Å². The van der Waals surface area contributed by atoms with Crippen molar-refractivity contribution in [2.45, 2.75) is 13.0 Å². The summed E-state index contributed by atoms with van der Waals surface area (Å²) in [6, 6.07) is 3.76. The summed E-state index contributed by atoms with van der Waals surface area (Å²) in [6.07, 6.45) is 0.936. The third-order valence-electron chi connectivity index (χ3n) is 2.74. The number of halogens is 2.